The molecule has 0 spiro atoms. The topological polar surface area (TPSA) is 69.9 Å². The molecule has 1 aliphatic rings. The lowest BCUT2D eigenvalue weighted by Gasteiger charge is -2.36. The van der Waals surface area contributed by atoms with E-state index in [1.807, 2.05) is 6.07 Å². The Balaban J connectivity index is 2.17. The van der Waals surface area contributed by atoms with E-state index in [1.54, 1.807) is 30.3 Å². The maximum atomic E-state index is 10.1. The Morgan fingerprint density at radius 3 is 2.56 bits per heavy atom. The molecule has 0 fully saturated rings. The monoisotopic (exact) mass is 222 g/mol. The summed E-state index contributed by atoms with van der Waals surface area (Å²) >= 11 is 0. The van der Waals surface area contributed by atoms with Gasteiger partial charge < -0.3 is 20.1 Å². The Morgan fingerprint density at radius 1 is 1.19 bits per heavy atom. The second-order valence-electron chi connectivity index (χ2n) is 3.83. The zero-order valence-corrected chi connectivity index (χ0v) is 8.65. The number of ether oxygens (including phenoxy) is 1. The number of hydrogen-bond donors (Lipinski definition) is 3. The molecule has 3 atom stereocenters. The van der Waals surface area contributed by atoms with E-state index in [4.69, 9.17) is 4.74 Å². The van der Waals surface area contributed by atoms with Crippen LogP contribution < -0.4 is 4.74 Å². The van der Waals surface area contributed by atoms with Crippen LogP contribution in [0.3, 0.4) is 0 Å². The van der Waals surface area contributed by atoms with Crippen molar-refractivity contribution in [1.29, 1.82) is 0 Å². The highest BCUT2D eigenvalue weighted by molar-refractivity contribution is 5.22. The van der Waals surface area contributed by atoms with Gasteiger partial charge in [-0.25, -0.2) is 0 Å². The Hall–Kier alpha value is -1.36. The molecule has 86 valence electrons. The Labute approximate surface area is 93.4 Å². The number of para-hydroxylation sites is 1. The van der Waals surface area contributed by atoms with Gasteiger partial charge in [-0.15, -0.1) is 0 Å². The highest BCUT2D eigenvalue weighted by Crippen LogP contribution is 2.27. The van der Waals surface area contributed by atoms with Crippen LogP contribution in [0.1, 0.15) is 6.42 Å². The summed E-state index contributed by atoms with van der Waals surface area (Å²) in [5.74, 6) is -1.32. The molecule has 0 radical (unpaired) electrons. The van der Waals surface area contributed by atoms with Crippen molar-refractivity contribution in [3.8, 4) is 5.75 Å². The molecule has 3 N–H and O–H groups in total. The van der Waals surface area contributed by atoms with Gasteiger partial charge in [0.05, 0.1) is 0 Å². The smallest absolute Gasteiger partial charge is 0.240 e. The first-order chi connectivity index (χ1) is 7.62. The molecule has 0 heterocycles. The van der Waals surface area contributed by atoms with Crippen LogP contribution in [0, 0.1) is 0 Å². The lowest BCUT2D eigenvalue weighted by molar-refractivity contribution is -0.225. The van der Waals surface area contributed by atoms with Crippen molar-refractivity contribution in [1.82, 2.24) is 0 Å². The molecular weight excluding hydrogens is 208 g/mol. The maximum absolute atomic E-state index is 10.1. The fourth-order valence-electron chi connectivity index (χ4n) is 1.66. The number of hydrogen-bond acceptors (Lipinski definition) is 4. The summed E-state index contributed by atoms with van der Waals surface area (Å²) in [6, 6.07) is 8.70. The summed E-state index contributed by atoms with van der Waals surface area (Å²) in [5.41, 5.74) is 0. The van der Waals surface area contributed by atoms with Crippen LogP contribution in [0.5, 0.6) is 5.75 Å². The van der Waals surface area contributed by atoms with Crippen LogP contribution in [0.2, 0.25) is 0 Å². The molecule has 0 bridgehead atoms. The van der Waals surface area contributed by atoms with Gasteiger partial charge in [-0.3, -0.25) is 0 Å². The minimum absolute atomic E-state index is 0.139. The van der Waals surface area contributed by atoms with Crippen molar-refractivity contribution in [3.63, 3.8) is 0 Å². The van der Waals surface area contributed by atoms with E-state index in [1.165, 1.54) is 6.08 Å². The van der Waals surface area contributed by atoms with Crippen molar-refractivity contribution in [3.05, 3.63) is 42.5 Å². The number of aliphatic hydroxyl groups is 3. The largest absolute Gasteiger partial charge is 0.459 e. The Kier molecular flexibility index (Phi) is 2.96. The summed E-state index contributed by atoms with van der Waals surface area (Å²) in [7, 11) is 0. The van der Waals surface area contributed by atoms with Gasteiger partial charge >= 0.3 is 0 Å². The summed E-state index contributed by atoms with van der Waals surface area (Å²) in [6.45, 7) is 0. The molecule has 1 aliphatic carbocycles. The minimum atomic E-state index is -1.77. The van der Waals surface area contributed by atoms with E-state index in [9.17, 15) is 15.3 Å². The number of aliphatic hydroxyl groups excluding tert-OH is 2. The van der Waals surface area contributed by atoms with Crippen molar-refractivity contribution < 1.29 is 20.1 Å². The van der Waals surface area contributed by atoms with E-state index < -0.39 is 18.0 Å². The molecule has 3 unspecified atom stereocenters. The zero-order valence-electron chi connectivity index (χ0n) is 8.65. The van der Waals surface area contributed by atoms with Crippen molar-refractivity contribution >= 4 is 0 Å². The van der Waals surface area contributed by atoms with E-state index in [0.29, 0.717) is 5.75 Å². The molecule has 0 amide bonds. The quantitative estimate of drug-likeness (QED) is 0.501. The van der Waals surface area contributed by atoms with Crippen LogP contribution in [-0.2, 0) is 0 Å². The molecule has 16 heavy (non-hydrogen) atoms. The van der Waals surface area contributed by atoms with Crippen molar-refractivity contribution in [2.75, 3.05) is 0 Å². The van der Waals surface area contributed by atoms with Gasteiger partial charge in [-0.2, -0.15) is 0 Å². The Morgan fingerprint density at radius 2 is 1.88 bits per heavy atom. The average Bonchev–Trinajstić information content (AvgIpc) is 2.27. The van der Waals surface area contributed by atoms with E-state index >= 15 is 0 Å². The lowest BCUT2D eigenvalue weighted by atomic mass is 9.95. The highest BCUT2D eigenvalue weighted by Gasteiger charge is 2.43. The van der Waals surface area contributed by atoms with Crippen LogP contribution in [0.15, 0.2) is 42.5 Å². The first-order valence-electron chi connectivity index (χ1n) is 5.11. The third-order valence-corrected chi connectivity index (χ3v) is 2.57. The SMILES string of the molecule is OC1C=CCC(O)(Oc2ccccc2)C1O. The van der Waals surface area contributed by atoms with Crippen molar-refractivity contribution in [2.24, 2.45) is 0 Å². The molecule has 1 aromatic rings. The first kappa shape index (κ1) is 11.1. The molecule has 0 saturated heterocycles. The summed E-state index contributed by atoms with van der Waals surface area (Å²) < 4.78 is 5.32. The van der Waals surface area contributed by atoms with Gasteiger partial charge in [0, 0.05) is 6.42 Å². The van der Waals surface area contributed by atoms with Crippen LogP contribution in [-0.4, -0.2) is 33.3 Å². The summed E-state index contributed by atoms with van der Waals surface area (Å²) in [6.07, 6.45) is 0.702. The van der Waals surface area contributed by atoms with Gasteiger partial charge in [0.1, 0.15) is 18.0 Å². The van der Waals surface area contributed by atoms with Crippen molar-refractivity contribution in [2.45, 2.75) is 24.4 Å². The molecule has 0 saturated carbocycles. The molecule has 2 rings (SSSR count). The zero-order chi connectivity index (χ0) is 11.6. The highest BCUT2D eigenvalue weighted by atomic mass is 16.6. The van der Waals surface area contributed by atoms with Gasteiger partial charge in [-0.1, -0.05) is 30.4 Å². The fourth-order valence-corrected chi connectivity index (χ4v) is 1.66. The van der Waals surface area contributed by atoms with E-state index in [-0.39, 0.29) is 6.42 Å². The van der Waals surface area contributed by atoms with Gasteiger partial charge in [0.2, 0.25) is 5.79 Å². The van der Waals surface area contributed by atoms with Crippen LogP contribution in [0.4, 0.5) is 0 Å². The van der Waals surface area contributed by atoms with Crippen LogP contribution >= 0.6 is 0 Å². The fraction of sp³-hybridized carbons (Fsp3) is 0.333. The first-order valence-corrected chi connectivity index (χ1v) is 5.11. The molecule has 4 nitrogen and oxygen atoms in total. The Bertz CT molecular complexity index is 376. The predicted octanol–water partition coefficient (Wildman–Crippen LogP) is 0.436. The normalized spacial score (nSPS) is 33.7. The maximum Gasteiger partial charge on any atom is 0.240 e. The molecule has 4 heteroatoms. The molecule has 1 aromatic carbocycles. The third kappa shape index (κ3) is 2.09. The number of rotatable bonds is 2. The summed E-state index contributed by atoms with van der Waals surface area (Å²) in [5, 5.41) is 29.2. The second-order valence-corrected chi connectivity index (χ2v) is 3.83. The second kappa shape index (κ2) is 4.25. The van der Waals surface area contributed by atoms with Gasteiger partial charge in [0.15, 0.2) is 0 Å². The predicted molar refractivity (Wildman–Crippen MR) is 57.8 cm³/mol. The van der Waals surface area contributed by atoms with Gasteiger partial charge in [-0.05, 0) is 12.1 Å². The van der Waals surface area contributed by atoms with E-state index in [0.717, 1.165) is 0 Å². The molecule has 0 aliphatic heterocycles. The number of benzene rings is 1. The standard InChI is InChI=1S/C12H14O4/c13-10-7-4-8-12(15,11(10)14)16-9-5-2-1-3-6-9/h1-7,10-11,13-15H,8H2. The van der Waals surface area contributed by atoms with Gasteiger partial charge in [0.25, 0.3) is 0 Å². The van der Waals surface area contributed by atoms with E-state index in [2.05, 4.69) is 0 Å². The van der Waals surface area contributed by atoms with Crippen LogP contribution in [0.25, 0.3) is 0 Å². The molecule has 0 aromatic heterocycles. The minimum Gasteiger partial charge on any atom is -0.459 e. The third-order valence-electron chi connectivity index (χ3n) is 2.57. The average molecular weight is 222 g/mol. The molecular formula is C12H14O4. The summed E-state index contributed by atoms with van der Waals surface area (Å²) in [4.78, 5) is 0. The lowest BCUT2D eigenvalue weighted by Crippen LogP contribution is -2.54.